The third-order valence-corrected chi connectivity index (χ3v) is 5.39. The number of carbonyl (C=O) groups is 3. The molecule has 0 aromatic carbocycles. The molecule has 0 aromatic heterocycles. The predicted octanol–water partition coefficient (Wildman–Crippen LogP) is 0.949. The molecule has 2 aliphatic heterocycles. The third-order valence-electron chi connectivity index (χ3n) is 3.82. The number of hydrogen-bond acceptors (Lipinski definition) is 7. The molecule has 23 heavy (non-hydrogen) atoms. The topological polar surface area (TPSA) is 82.1 Å². The van der Waals surface area contributed by atoms with Crippen molar-refractivity contribution in [3.63, 3.8) is 0 Å². The zero-order valence-electron chi connectivity index (χ0n) is 14.2. The van der Waals surface area contributed by atoms with Gasteiger partial charge in [0, 0.05) is 14.0 Å². The predicted molar refractivity (Wildman–Crippen MR) is 83.7 cm³/mol. The maximum atomic E-state index is 12.7. The Morgan fingerprint density at radius 2 is 1.96 bits per heavy atom. The number of amides is 1. The van der Waals surface area contributed by atoms with Crippen molar-refractivity contribution >= 4 is 29.6 Å². The van der Waals surface area contributed by atoms with Crippen molar-refractivity contribution in [3.05, 3.63) is 0 Å². The summed E-state index contributed by atoms with van der Waals surface area (Å²) in [5, 5.41) is -0.540. The lowest BCUT2D eigenvalue weighted by Gasteiger charge is -2.55. The second-order valence-corrected chi connectivity index (χ2v) is 8.24. The number of β-lactam (4-membered cyclic amide) rings is 1. The number of esters is 2. The summed E-state index contributed by atoms with van der Waals surface area (Å²) in [7, 11) is 1.48. The highest BCUT2D eigenvalue weighted by Gasteiger charge is 2.63. The van der Waals surface area contributed by atoms with Crippen LogP contribution >= 0.6 is 11.8 Å². The monoisotopic (exact) mass is 345 g/mol. The highest BCUT2D eigenvalue weighted by Crippen LogP contribution is 2.46. The van der Waals surface area contributed by atoms with E-state index >= 15 is 0 Å². The quantitative estimate of drug-likeness (QED) is 0.556. The molecule has 1 amide bonds. The Balaban J connectivity index is 2.30. The number of rotatable bonds is 3. The van der Waals surface area contributed by atoms with Crippen LogP contribution in [0.15, 0.2) is 0 Å². The van der Waals surface area contributed by atoms with Crippen LogP contribution in [0.1, 0.15) is 34.6 Å². The van der Waals surface area contributed by atoms with Crippen LogP contribution in [0.5, 0.6) is 0 Å². The molecule has 130 valence electrons. The van der Waals surface area contributed by atoms with E-state index in [0.29, 0.717) is 0 Å². The fraction of sp³-hybridized carbons (Fsp3) is 0.800. The SMILES string of the molecule is COC1C(=O)N2CC(OC(C)=O)(C(=O)OC(C)(C)C)C(C)S[C@H]12. The first kappa shape index (κ1) is 18.1. The Labute approximate surface area is 140 Å². The molecule has 0 N–H and O–H groups in total. The minimum Gasteiger partial charge on any atom is -0.457 e. The maximum absolute atomic E-state index is 12.7. The summed E-state index contributed by atoms with van der Waals surface area (Å²) in [4.78, 5) is 37.9. The summed E-state index contributed by atoms with van der Waals surface area (Å²) in [6.45, 7) is 8.25. The Bertz CT molecular complexity index is 531. The number of hydrogen-bond donors (Lipinski definition) is 0. The Morgan fingerprint density at radius 3 is 2.43 bits per heavy atom. The van der Waals surface area contributed by atoms with Crippen molar-refractivity contribution in [3.8, 4) is 0 Å². The second kappa shape index (κ2) is 5.98. The van der Waals surface area contributed by atoms with Gasteiger partial charge in [-0.15, -0.1) is 11.8 Å². The zero-order chi connectivity index (χ0) is 17.6. The van der Waals surface area contributed by atoms with E-state index in [2.05, 4.69) is 0 Å². The van der Waals surface area contributed by atoms with Gasteiger partial charge >= 0.3 is 11.9 Å². The van der Waals surface area contributed by atoms with Gasteiger partial charge in [0.05, 0.1) is 11.8 Å². The van der Waals surface area contributed by atoms with Crippen LogP contribution in [-0.2, 0) is 28.6 Å². The lowest BCUT2D eigenvalue weighted by molar-refractivity contribution is -0.199. The summed E-state index contributed by atoms with van der Waals surface area (Å²) >= 11 is 1.38. The number of ether oxygens (including phenoxy) is 3. The molecule has 2 heterocycles. The minimum atomic E-state index is -1.51. The van der Waals surface area contributed by atoms with Crippen molar-refractivity contribution in [2.75, 3.05) is 13.7 Å². The van der Waals surface area contributed by atoms with Crippen LogP contribution in [0.2, 0.25) is 0 Å². The number of thioether (sulfide) groups is 1. The van der Waals surface area contributed by atoms with Gasteiger partial charge in [-0.05, 0) is 27.7 Å². The van der Waals surface area contributed by atoms with Crippen molar-refractivity contribution in [2.45, 2.75) is 62.5 Å². The Kier molecular flexibility index (Phi) is 4.69. The zero-order valence-corrected chi connectivity index (χ0v) is 15.1. The van der Waals surface area contributed by atoms with Gasteiger partial charge in [0.1, 0.15) is 11.0 Å². The van der Waals surface area contributed by atoms with Crippen LogP contribution in [-0.4, -0.2) is 64.3 Å². The van der Waals surface area contributed by atoms with E-state index in [1.807, 2.05) is 0 Å². The van der Waals surface area contributed by atoms with E-state index in [9.17, 15) is 14.4 Å². The van der Waals surface area contributed by atoms with E-state index in [0.717, 1.165) is 0 Å². The van der Waals surface area contributed by atoms with Crippen LogP contribution < -0.4 is 0 Å². The molecule has 2 saturated heterocycles. The number of methoxy groups -OCH3 is 1. The van der Waals surface area contributed by atoms with Crippen molar-refractivity contribution in [1.82, 2.24) is 4.90 Å². The van der Waals surface area contributed by atoms with E-state index < -0.39 is 29.2 Å². The molecule has 2 rings (SSSR count). The molecule has 0 spiro atoms. The summed E-state index contributed by atoms with van der Waals surface area (Å²) in [5.41, 5.74) is -2.23. The molecule has 0 radical (unpaired) electrons. The van der Waals surface area contributed by atoms with Gasteiger partial charge in [0.2, 0.25) is 5.60 Å². The smallest absolute Gasteiger partial charge is 0.354 e. The minimum absolute atomic E-state index is 0.0149. The lowest BCUT2D eigenvalue weighted by atomic mass is 9.94. The molecule has 0 bridgehead atoms. The molecular formula is C15H23NO6S. The summed E-state index contributed by atoms with van der Waals surface area (Å²) in [6.07, 6.45) is -0.517. The fourth-order valence-electron chi connectivity index (χ4n) is 2.73. The summed E-state index contributed by atoms with van der Waals surface area (Å²) in [5.74, 6) is -1.43. The first-order chi connectivity index (χ1) is 10.5. The molecule has 0 aliphatic carbocycles. The molecule has 3 unspecified atom stereocenters. The van der Waals surface area contributed by atoms with Gasteiger partial charge in [-0.2, -0.15) is 0 Å². The standard InChI is InChI=1S/C15H23NO6S/c1-8-15(21-9(2)17,13(19)22-14(3,4)5)7-16-11(18)10(20-6)12(16)23-8/h8,10,12H,7H2,1-6H3/t8?,10?,12-,15?/m1/s1. The molecule has 0 aromatic rings. The average molecular weight is 345 g/mol. The number of carbonyl (C=O) groups excluding carboxylic acids is 3. The highest BCUT2D eigenvalue weighted by atomic mass is 32.2. The van der Waals surface area contributed by atoms with Gasteiger partial charge < -0.3 is 19.1 Å². The van der Waals surface area contributed by atoms with Gasteiger partial charge in [-0.25, -0.2) is 4.79 Å². The first-order valence-corrected chi connectivity index (χ1v) is 8.38. The summed E-state index contributed by atoms with van der Waals surface area (Å²) < 4.78 is 16.0. The Hall–Kier alpha value is -1.28. The van der Waals surface area contributed by atoms with Gasteiger partial charge in [0.25, 0.3) is 5.91 Å². The fourth-order valence-corrected chi connectivity index (χ4v) is 4.28. The number of fused-ring (bicyclic) bond motifs is 1. The van der Waals surface area contributed by atoms with Gasteiger partial charge in [0.15, 0.2) is 6.10 Å². The highest BCUT2D eigenvalue weighted by molar-refractivity contribution is 8.00. The van der Waals surface area contributed by atoms with Gasteiger partial charge in [-0.1, -0.05) is 0 Å². The molecule has 2 fully saturated rings. The Morgan fingerprint density at radius 1 is 1.35 bits per heavy atom. The molecule has 0 saturated carbocycles. The van der Waals surface area contributed by atoms with Crippen molar-refractivity contribution in [1.29, 1.82) is 0 Å². The van der Waals surface area contributed by atoms with Crippen LogP contribution in [0, 0.1) is 0 Å². The maximum Gasteiger partial charge on any atom is 0.354 e. The molecule has 8 heteroatoms. The molecular weight excluding hydrogens is 322 g/mol. The van der Waals surface area contributed by atoms with Crippen LogP contribution in [0.3, 0.4) is 0 Å². The first-order valence-electron chi connectivity index (χ1n) is 7.43. The van der Waals surface area contributed by atoms with Crippen LogP contribution in [0.25, 0.3) is 0 Å². The van der Waals surface area contributed by atoms with E-state index in [-0.39, 0.29) is 23.1 Å². The second-order valence-electron chi connectivity index (χ2n) is 6.78. The van der Waals surface area contributed by atoms with Crippen LogP contribution in [0.4, 0.5) is 0 Å². The largest absolute Gasteiger partial charge is 0.457 e. The van der Waals surface area contributed by atoms with Gasteiger partial charge in [-0.3, -0.25) is 9.59 Å². The van der Waals surface area contributed by atoms with E-state index in [1.165, 1.54) is 30.7 Å². The average Bonchev–Trinajstić information content (AvgIpc) is 2.39. The van der Waals surface area contributed by atoms with Crippen molar-refractivity contribution < 1.29 is 28.6 Å². The van der Waals surface area contributed by atoms with E-state index in [1.54, 1.807) is 27.7 Å². The summed E-state index contributed by atoms with van der Waals surface area (Å²) in [6, 6.07) is 0. The van der Waals surface area contributed by atoms with Crippen molar-refractivity contribution in [2.24, 2.45) is 0 Å². The molecule has 7 nitrogen and oxygen atoms in total. The molecule has 4 atom stereocenters. The lowest BCUT2D eigenvalue weighted by Crippen LogP contribution is -2.74. The van der Waals surface area contributed by atoms with E-state index in [4.69, 9.17) is 14.2 Å². The third kappa shape index (κ3) is 3.19. The molecule has 2 aliphatic rings. The normalized spacial score (nSPS) is 33.6. The number of nitrogens with zero attached hydrogens (tertiary/aromatic N) is 1.